The van der Waals surface area contributed by atoms with Crippen LogP contribution in [-0.2, 0) is 0 Å². The minimum absolute atomic E-state index is 0.0792. The van der Waals surface area contributed by atoms with Gasteiger partial charge in [0.2, 0.25) is 5.88 Å². The molecule has 1 atom stereocenters. The van der Waals surface area contributed by atoms with Crippen LogP contribution in [0.3, 0.4) is 0 Å². The molecule has 1 unspecified atom stereocenters. The minimum atomic E-state index is -4.58. The standard InChI is InChI=1S/C16H16F3N3O/c1-8(2)14-21-12-9-6-4-5-7-10(9)20-15(23-3)11(12)13(22-14)16(17,18)19/h4-8,14,21H,1-3H3. The van der Waals surface area contributed by atoms with Crippen molar-refractivity contribution in [2.24, 2.45) is 10.9 Å². The fourth-order valence-electron chi connectivity index (χ4n) is 2.62. The number of pyridine rings is 1. The van der Waals surface area contributed by atoms with Gasteiger partial charge in [0.05, 0.1) is 23.9 Å². The van der Waals surface area contributed by atoms with Gasteiger partial charge in [0.25, 0.3) is 0 Å². The lowest BCUT2D eigenvalue weighted by Gasteiger charge is -2.30. The Bertz CT molecular complexity index is 784. The van der Waals surface area contributed by atoms with Gasteiger partial charge in [0, 0.05) is 5.39 Å². The summed E-state index contributed by atoms with van der Waals surface area (Å²) < 4.78 is 45.7. The Balaban J connectivity index is 2.36. The lowest BCUT2D eigenvalue weighted by Crippen LogP contribution is -2.36. The van der Waals surface area contributed by atoms with Gasteiger partial charge >= 0.3 is 6.18 Å². The van der Waals surface area contributed by atoms with Gasteiger partial charge in [-0.15, -0.1) is 0 Å². The van der Waals surface area contributed by atoms with Crippen molar-refractivity contribution in [1.82, 2.24) is 4.98 Å². The molecular formula is C16H16F3N3O. The summed E-state index contributed by atoms with van der Waals surface area (Å²) in [7, 11) is 1.31. The Morgan fingerprint density at radius 1 is 1.22 bits per heavy atom. The summed E-state index contributed by atoms with van der Waals surface area (Å²) in [5, 5.41) is 3.72. The van der Waals surface area contributed by atoms with Gasteiger partial charge in [-0.05, 0) is 12.0 Å². The van der Waals surface area contributed by atoms with Crippen molar-refractivity contribution in [2.75, 3.05) is 12.4 Å². The van der Waals surface area contributed by atoms with Crippen molar-refractivity contribution in [3.8, 4) is 5.88 Å². The van der Waals surface area contributed by atoms with Crippen LogP contribution in [0, 0.1) is 5.92 Å². The topological polar surface area (TPSA) is 46.5 Å². The van der Waals surface area contributed by atoms with Gasteiger partial charge < -0.3 is 10.1 Å². The number of rotatable bonds is 2. The first-order chi connectivity index (χ1) is 10.8. The highest BCUT2D eigenvalue weighted by Gasteiger charge is 2.43. The molecule has 1 aromatic carbocycles. The predicted molar refractivity (Wildman–Crippen MR) is 83.1 cm³/mol. The zero-order chi connectivity index (χ0) is 16.8. The summed E-state index contributed by atoms with van der Waals surface area (Å²) >= 11 is 0. The van der Waals surface area contributed by atoms with Crippen molar-refractivity contribution in [3.05, 3.63) is 29.8 Å². The van der Waals surface area contributed by atoms with Crippen LogP contribution in [0.15, 0.2) is 29.3 Å². The van der Waals surface area contributed by atoms with Gasteiger partial charge in [-0.1, -0.05) is 32.0 Å². The Kier molecular flexibility index (Phi) is 3.66. The largest absolute Gasteiger partial charge is 0.480 e. The Morgan fingerprint density at radius 3 is 2.52 bits per heavy atom. The number of alkyl halides is 3. The highest BCUT2D eigenvalue weighted by Crippen LogP contribution is 2.40. The van der Waals surface area contributed by atoms with Crippen LogP contribution in [0.2, 0.25) is 0 Å². The monoisotopic (exact) mass is 323 g/mol. The number of hydrogen-bond donors (Lipinski definition) is 1. The molecule has 0 amide bonds. The molecule has 23 heavy (non-hydrogen) atoms. The molecule has 3 rings (SSSR count). The molecule has 1 aromatic heterocycles. The molecule has 0 saturated carbocycles. The molecule has 2 aromatic rings. The van der Waals surface area contributed by atoms with Gasteiger partial charge in [-0.3, -0.25) is 4.99 Å². The third-order valence-electron chi connectivity index (χ3n) is 3.75. The Hall–Kier alpha value is -2.31. The van der Waals surface area contributed by atoms with E-state index in [1.54, 1.807) is 24.3 Å². The average molecular weight is 323 g/mol. The molecule has 4 nitrogen and oxygen atoms in total. The van der Waals surface area contributed by atoms with Crippen molar-refractivity contribution in [3.63, 3.8) is 0 Å². The normalized spacial score (nSPS) is 17.7. The fraction of sp³-hybridized carbons (Fsp3) is 0.375. The number of hydrogen-bond acceptors (Lipinski definition) is 4. The maximum absolute atomic E-state index is 13.5. The van der Waals surface area contributed by atoms with Crippen LogP contribution in [0.1, 0.15) is 19.4 Å². The number of aromatic nitrogens is 1. The van der Waals surface area contributed by atoms with Gasteiger partial charge in [-0.2, -0.15) is 13.2 Å². The molecule has 1 aliphatic rings. The summed E-state index contributed by atoms with van der Waals surface area (Å²) in [5.41, 5.74) is -0.134. The van der Waals surface area contributed by atoms with Gasteiger partial charge in [-0.25, -0.2) is 4.98 Å². The molecule has 0 aliphatic carbocycles. The van der Waals surface area contributed by atoms with E-state index in [0.29, 0.717) is 16.6 Å². The molecular weight excluding hydrogens is 307 g/mol. The second-order valence-corrected chi connectivity index (χ2v) is 5.70. The number of anilines is 1. The molecule has 7 heteroatoms. The zero-order valence-electron chi connectivity index (χ0n) is 12.9. The summed E-state index contributed by atoms with van der Waals surface area (Å²) in [6.45, 7) is 3.64. The highest BCUT2D eigenvalue weighted by atomic mass is 19.4. The molecule has 0 saturated heterocycles. The van der Waals surface area contributed by atoms with Crippen LogP contribution >= 0.6 is 0 Å². The molecule has 0 radical (unpaired) electrons. The van der Waals surface area contributed by atoms with Gasteiger partial charge in [0.1, 0.15) is 6.17 Å². The second kappa shape index (κ2) is 5.40. The van der Waals surface area contributed by atoms with Crippen LogP contribution in [0.25, 0.3) is 10.9 Å². The first kappa shape index (κ1) is 15.6. The van der Waals surface area contributed by atoms with Crippen molar-refractivity contribution in [2.45, 2.75) is 26.2 Å². The molecule has 0 bridgehead atoms. The van der Waals surface area contributed by atoms with Crippen LogP contribution in [0.5, 0.6) is 5.88 Å². The third kappa shape index (κ3) is 2.60. The van der Waals surface area contributed by atoms with E-state index in [-0.39, 0.29) is 17.4 Å². The number of fused-ring (bicyclic) bond motifs is 3. The lowest BCUT2D eigenvalue weighted by atomic mass is 9.99. The SMILES string of the molecule is COc1nc2ccccc2c2c1C(C(F)(F)F)=NC(C(C)C)N2. The van der Waals surface area contributed by atoms with Crippen LogP contribution in [0.4, 0.5) is 18.9 Å². The Labute approximate surface area is 131 Å². The molecule has 2 heterocycles. The lowest BCUT2D eigenvalue weighted by molar-refractivity contribution is -0.0586. The van der Waals surface area contributed by atoms with Crippen molar-refractivity contribution < 1.29 is 17.9 Å². The number of para-hydroxylation sites is 1. The first-order valence-electron chi connectivity index (χ1n) is 7.21. The van der Waals surface area contributed by atoms with E-state index in [0.717, 1.165) is 0 Å². The quantitative estimate of drug-likeness (QED) is 0.908. The number of nitrogens with zero attached hydrogens (tertiary/aromatic N) is 2. The van der Waals surface area contributed by atoms with E-state index < -0.39 is 18.1 Å². The van der Waals surface area contributed by atoms with Crippen LogP contribution < -0.4 is 10.1 Å². The summed E-state index contributed by atoms with van der Waals surface area (Å²) in [5.74, 6) is -0.178. The first-order valence-corrected chi connectivity index (χ1v) is 7.21. The smallest absolute Gasteiger partial charge is 0.433 e. The summed E-state index contributed by atoms with van der Waals surface area (Å²) in [4.78, 5) is 8.07. The third-order valence-corrected chi connectivity index (χ3v) is 3.75. The highest BCUT2D eigenvalue weighted by molar-refractivity contribution is 6.16. The van der Waals surface area contributed by atoms with Crippen molar-refractivity contribution >= 4 is 22.3 Å². The number of benzene rings is 1. The molecule has 1 N–H and O–H groups in total. The molecule has 0 spiro atoms. The molecule has 0 fully saturated rings. The van der Waals surface area contributed by atoms with E-state index in [2.05, 4.69) is 15.3 Å². The van der Waals surface area contributed by atoms with Crippen LogP contribution in [-0.4, -0.2) is 30.1 Å². The van der Waals surface area contributed by atoms with E-state index in [1.165, 1.54) is 7.11 Å². The summed E-state index contributed by atoms with van der Waals surface area (Å²) in [6.07, 6.45) is -5.24. The fourth-order valence-corrected chi connectivity index (χ4v) is 2.62. The predicted octanol–water partition coefficient (Wildman–Crippen LogP) is 4.00. The Morgan fingerprint density at radius 2 is 1.91 bits per heavy atom. The number of methoxy groups -OCH3 is 1. The van der Waals surface area contributed by atoms with E-state index >= 15 is 0 Å². The number of aliphatic imine (C=N–C) groups is 1. The maximum Gasteiger partial charge on any atom is 0.433 e. The molecule has 1 aliphatic heterocycles. The number of halogens is 3. The second-order valence-electron chi connectivity index (χ2n) is 5.70. The zero-order valence-corrected chi connectivity index (χ0v) is 12.9. The number of nitrogens with one attached hydrogen (secondary N) is 1. The molecule has 122 valence electrons. The van der Waals surface area contributed by atoms with E-state index in [9.17, 15) is 13.2 Å². The number of ether oxygens (including phenoxy) is 1. The minimum Gasteiger partial charge on any atom is -0.480 e. The van der Waals surface area contributed by atoms with E-state index in [1.807, 2.05) is 13.8 Å². The average Bonchev–Trinajstić information content (AvgIpc) is 2.51. The maximum atomic E-state index is 13.5. The van der Waals surface area contributed by atoms with Gasteiger partial charge in [0.15, 0.2) is 5.71 Å². The summed E-state index contributed by atoms with van der Waals surface area (Å²) in [6, 6.07) is 7.03. The van der Waals surface area contributed by atoms with E-state index in [4.69, 9.17) is 4.74 Å². The van der Waals surface area contributed by atoms with Crippen molar-refractivity contribution in [1.29, 1.82) is 0 Å².